The first-order valence-electron chi connectivity index (χ1n) is 7.01. The normalized spacial score (nSPS) is 26.1. The average Bonchev–Trinajstić information content (AvgIpc) is 2.87. The van der Waals surface area contributed by atoms with Crippen molar-refractivity contribution in [1.82, 2.24) is 0 Å². The molecule has 4 rings (SSSR count). The van der Waals surface area contributed by atoms with Gasteiger partial charge in [-0.05, 0) is 60.6 Å². The topological polar surface area (TPSA) is 13.1 Å². The van der Waals surface area contributed by atoms with E-state index in [0.29, 0.717) is 11.8 Å². The Kier molecular flexibility index (Phi) is 2.59. The van der Waals surface area contributed by atoms with E-state index in [2.05, 4.69) is 18.2 Å². The number of benzene rings is 1. The zero-order chi connectivity index (χ0) is 12.8. The lowest BCUT2D eigenvalue weighted by atomic mass is 9.84. The molecule has 2 fully saturated rings. The minimum atomic E-state index is 0.657. The van der Waals surface area contributed by atoms with Crippen LogP contribution in [0, 0.1) is 11.8 Å². The fourth-order valence-corrected chi connectivity index (χ4v) is 3.94. The molecule has 2 aliphatic carbocycles. The number of fused-ring (bicyclic) bond motifs is 3. The van der Waals surface area contributed by atoms with Gasteiger partial charge in [-0.3, -0.25) is 0 Å². The van der Waals surface area contributed by atoms with E-state index in [-0.39, 0.29) is 0 Å². The number of hydrogen-bond donors (Lipinski definition) is 0. The quantitative estimate of drug-likeness (QED) is 0.675. The monoisotopic (exact) mass is 268 g/mol. The fourth-order valence-electron chi connectivity index (χ4n) is 3.53. The van der Waals surface area contributed by atoms with Gasteiger partial charge in [0, 0.05) is 5.39 Å². The van der Waals surface area contributed by atoms with Crippen molar-refractivity contribution in [3.8, 4) is 0 Å². The van der Waals surface area contributed by atoms with Crippen LogP contribution in [-0.4, -0.2) is 4.86 Å². The van der Waals surface area contributed by atoms with Crippen LogP contribution in [-0.2, 0) is 0 Å². The predicted molar refractivity (Wildman–Crippen MR) is 82.2 cm³/mol. The summed E-state index contributed by atoms with van der Waals surface area (Å²) in [7, 11) is 0. The molecule has 1 nitrogen and oxygen atoms in total. The summed E-state index contributed by atoms with van der Waals surface area (Å²) < 4.78 is 5.88. The van der Waals surface area contributed by atoms with Crippen molar-refractivity contribution in [2.45, 2.75) is 25.7 Å². The van der Waals surface area contributed by atoms with Crippen molar-refractivity contribution >= 4 is 34.1 Å². The van der Waals surface area contributed by atoms with Crippen LogP contribution in [0.1, 0.15) is 31.4 Å². The smallest absolute Gasteiger partial charge is 0.134 e. The van der Waals surface area contributed by atoms with Crippen LogP contribution in [0.5, 0.6) is 0 Å². The number of thiocarbonyl (C=S) groups is 1. The maximum absolute atomic E-state index is 5.88. The Labute approximate surface area is 118 Å². The molecule has 2 aliphatic rings. The minimum absolute atomic E-state index is 0.657. The first-order chi connectivity index (χ1) is 9.29. The Hall–Kier alpha value is -1.41. The van der Waals surface area contributed by atoms with Crippen LogP contribution in [0.2, 0.25) is 0 Å². The van der Waals surface area contributed by atoms with Gasteiger partial charge in [0.05, 0.1) is 0 Å². The van der Waals surface area contributed by atoms with Gasteiger partial charge in [0.1, 0.15) is 11.3 Å². The molecular formula is C17H16OS. The highest BCUT2D eigenvalue weighted by Gasteiger charge is 2.35. The van der Waals surface area contributed by atoms with Gasteiger partial charge in [0.25, 0.3) is 0 Å². The van der Waals surface area contributed by atoms with Crippen LogP contribution in [0.15, 0.2) is 40.3 Å². The van der Waals surface area contributed by atoms with Crippen molar-refractivity contribution in [3.05, 3.63) is 41.7 Å². The Morgan fingerprint density at radius 1 is 1.11 bits per heavy atom. The van der Waals surface area contributed by atoms with E-state index in [1.54, 1.807) is 0 Å². The van der Waals surface area contributed by atoms with Crippen molar-refractivity contribution in [3.63, 3.8) is 0 Å². The largest absolute Gasteiger partial charge is 0.457 e. The van der Waals surface area contributed by atoms with Crippen LogP contribution in [0.3, 0.4) is 0 Å². The number of allylic oxidation sites excluding steroid dienone is 1. The second kappa shape index (κ2) is 4.31. The molecule has 0 radical (unpaired) electrons. The molecule has 0 saturated heterocycles. The Bertz CT molecular complexity index is 628. The summed E-state index contributed by atoms with van der Waals surface area (Å²) in [5.74, 6) is 2.30. The standard InChI is InChI=1S/C17H16OS/c19-17-13-5-6-14(17)8-11(7-13)9-15-10-12-3-1-2-4-16(12)18-15/h1-4,9-10,13-14H,5-8H2. The van der Waals surface area contributed by atoms with E-state index >= 15 is 0 Å². The van der Waals surface area contributed by atoms with Crippen LogP contribution < -0.4 is 0 Å². The van der Waals surface area contributed by atoms with Crippen molar-refractivity contribution in [2.24, 2.45) is 11.8 Å². The Balaban J connectivity index is 1.67. The lowest BCUT2D eigenvalue weighted by Crippen LogP contribution is -2.19. The van der Waals surface area contributed by atoms with Crippen molar-refractivity contribution in [1.29, 1.82) is 0 Å². The van der Waals surface area contributed by atoms with Crippen LogP contribution in [0.25, 0.3) is 17.0 Å². The maximum atomic E-state index is 5.88. The molecule has 2 heteroatoms. The van der Waals surface area contributed by atoms with Gasteiger partial charge in [0.2, 0.25) is 0 Å². The molecule has 0 N–H and O–H groups in total. The molecule has 0 aliphatic heterocycles. The molecule has 19 heavy (non-hydrogen) atoms. The number of hydrogen-bond acceptors (Lipinski definition) is 2. The van der Waals surface area contributed by atoms with E-state index in [4.69, 9.17) is 16.6 Å². The van der Waals surface area contributed by atoms with E-state index in [9.17, 15) is 0 Å². The van der Waals surface area contributed by atoms with Gasteiger partial charge in [-0.15, -0.1) is 0 Å². The molecule has 2 bridgehead atoms. The molecule has 1 aromatic carbocycles. The minimum Gasteiger partial charge on any atom is -0.457 e. The third-order valence-corrected chi connectivity index (χ3v) is 5.14. The molecule has 0 spiro atoms. The lowest BCUT2D eigenvalue weighted by molar-refractivity contribution is 0.600. The summed E-state index contributed by atoms with van der Waals surface area (Å²) in [6.07, 6.45) is 7.12. The zero-order valence-corrected chi connectivity index (χ0v) is 11.6. The summed E-state index contributed by atoms with van der Waals surface area (Å²) in [5.41, 5.74) is 2.49. The zero-order valence-electron chi connectivity index (χ0n) is 10.8. The first kappa shape index (κ1) is 11.4. The summed E-state index contributed by atoms with van der Waals surface area (Å²) >= 11 is 5.53. The molecular weight excluding hydrogens is 252 g/mol. The third-order valence-electron chi connectivity index (χ3n) is 4.48. The molecule has 1 heterocycles. The van der Waals surface area contributed by atoms with E-state index in [1.807, 2.05) is 18.2 Å². The number of para-hydroxylation sites is 1. The highest BCUT2D eigenvalue weighted by atomic mass is 32.1. The summed E-state index contributed by atoms with van der Waals surface area (Å²) in [6, 6.07) is 10.3. The van der Waals surface area contributed by atoms with Gasteiger partial charge in [-0.2, -0.15) is 0 Å². The first-order valence-corrected chi connectivity index (χ1v) is 7.42. The third kappa shape index (κ3) is 1.95. The van der Waals surface area contributed by atoms with Gasteiger partial charge in [0.15, 0.2) is 0 Å². The molecule has 2 unspecified atom stereocenters. The van der Waals surface area contributed by atoms with Crippen molar-refractivity contribution in [2.75, 3.05) is 0 Å². The second-order valence-corrected chi connectivity index (χ2v) is 6.24. The Morgan fingerprint density at radius 2 is 1.84 bits per heavy atom. The molecule has 2 atom stereocenters. The van der Waals surface area contributed by atoms with Gasteiger partial charge >= 0.3 is 0 Å². The van der Waals surface area contributed by atoms with E-state index < -0.39 is 0 Å². The molecule has 96 valence electrons. The van der Waals surface area contributed by atoms with Gasteiger partial charge in [-0.1, -0.05) is 36.0 Å². The average molecular weight is 268 g/mol. The highest BCUT2D eigenvalue weighted by molar-refractivity contribution is 7.80. The molecule has 0 amide bonds. The molecule has 2 aromatic rings. The summed E-state index contributed by atoms with van der Waals surface area (Å²) in [4.78, 5) is 1.33. The maximum Gasteiger partial charge on any atom is 0.134 e. The second-order valence-electron chi connectivity index (χ2n) is 5.77. The van der Waals surface area contributed by atoms with E-state index in [1.165, 1.54) is 28.7 Å². The van der Waals surface area contributed by atoms with Gasteiger partial charge < -0.3 is 4.42 Å². The number of furan rings is 1. The Morgan fingerprint density at radius 3 is 2.58 bits per heavy atom. The highest BCUT2D eigenvalue weighted by Crippen LogP contribution is 2.43. The van der Waals surface area contributed by atoms with Crippen LogP contribution >= 0.6 is 12.2 Å². The molecule has 2 saturated carbocycles. The summed E-state index contributed by atoms with van der Waals surface area (Å²) in [6.45, 7) is 0. The van der Waals surface area contributed by atoms with Gasteiger partial charge in [-0.25, -0.2) is 0 Å². The van der Waals surface area contributed by atoms with Crippen molar-refractivity contribution < 1.29 is 4.42 Å². The lowest BCUT2D eigenvalue weighted by Gasteiger charge is -2.22. The SMILES string of the molecule is S=C1C2CCC1CC(=Cc1cc3ccccc3o1)C2. The fraction of sp³-hybridized carbons (Fsp3) is 0.353. The van der Waals surface area contributed by atoms with E-state index in [0.717, 1.165) is 24.2 Å². The summed E-state index contributed by atoms with van der Waals surface area (Å²) in [5, 5.41) is 1.18. The predicted octanol–water partition coefficient (Wildman–Crippen LogP) is 5.01. The van der Waals surface area contributed by atoms with Crippen LogP contribution in [0.4, 0.5) is 0 Å². The number of rotatable bonds is 1. The molecule has 1 aromatic heterocycles.